The van der Waals surface area contributed by atoms with Gasteiger partial charge < -0.3 is 16.2 Å². The summed E-state index contributed by atoms with van der Waals surface area (Å²) in [6.45, 7) is 1.80. The van der Waals surface area contributed by atoms with E-state index in [9.17, 15) is 9.59 Å². The molecule has 0 aliphatic heterocycles. The van der Waals surface area contributed by atoms with Crippen LogP contribution in [0.5, 0.6) is 0 Å². The first-order chi connectivity index (χ1) is 8.92. The Morgan fingerprint density at radius 1 is 1.32 bits per heavy atom. The highest BCUT2D eigenvalue weighted by Crippen LogP contribution is 2.29. The van der Waals surface area contributed by atoms with Crippen molar-refractivity contribution in [2.45, 2.75) is 38.1 Å². The molecule has 0 bridgehead atoms. The number of hydrogen-bond acceptors (Lipinski definition) is 3. The van der Waals surface area contributed by atoms with Gasteiger partial charge in [0.2, 0.25) is 5.91 Å². The quantitative estimate of drug-likeness (QED) is 0.775. The molecule has 1 aromatic carbocycles. The number of aryl methyl sites for hydroxylation is 1. The smallest absolute Gasteiger partial charge is 0.337 e. The number of anilines is 1. The summed E-state index contributed by atoms with van der Waals surface area (Å²) < 4.78 is 0. The van der Waals surface area contributed by atoms with Crippen molar-refractivity contribution >= 4 is 17.6 Å². The number of nitrogens with two attached hydrogens (primary N) is 1. The molecule has 0 spiro atoms. The van der Waals surface area contributed by atoms with Gasteiger partial charge in [-0.05, 0) is 31.9 Å². The van der Waals surface area contributed by atoms with Crippen LogP contribution in [0.15, 0.2) is 18.2 Å². The molecule has 4 N–H and O–H groups in total. The van der Waals surface area contributed by atoms with Crippen LogP contribution in [0.1, 0.15) is 41.6 Å². The van der Waals surface area contributed by atoms with E-state index in [4.69, 9.17) is 10.8 Å². The number of hydrogen-bond donors (Lipinski definition) is 3. The number of rotatable bonds is 3. The molecule has 1 amide bonds. The van der Waals surface area contributed by atoms with Gasteiger partial charge in [0.15, 0.2) is 0 Å². The lowest BCUT2D eigenvalue weighted by Gasteiger charge is -2.22. The standard InChI is InChI=1S/C14H18N2O3/c1-9-4-5-11(10(8-9)12(17)18)16-13(19)14(15)6-2-3-7-14/h4-5,8H,2-3,6-7,15H2,1H3,(H,16,19)(H,17,18). The number of carbonyl (C=O) groups is 2. The van der Waals surface area contributed by atoms with Gasteiger partial charge in [-0.3, -0.25) is 4.79 Å². The molecule has 1 aromatic rings. The predicted molar refractivity (Wildman–Crippen MR) is 72.2 cm³/mol. The van der Waals surface area contributed by atoms with Gasteiger partial charge in [-0.2, -0.15) is 0 Å². The zero-order chi connectivity index (χ0) is 14.0. The molecule has 1 saturated carbocycles. The molecule has 0 atom stereocenters. The Labute approximate surface area is 111 Å². The van der Waals surface area contributed by atoms with Crippen molar-refractivity contribution < 1.29 is 14.7 Å². The highest BCUT2D eigenvalue weighted by molar-refractivity contribution is 6.03. The summed E-state index contributed by atoms with van der Waals surface area (Å²) in [5.74, 6) is -1.35. The molecule has 0 unspecified atom stereocenters. The maximum atomic E-state index is 12.2. The minimum absolute atomic E-state index is 0.0925. The Bertz CT molecular complexity index is 519. The van der Waals surface area contributed by atoms with Gasteiger partial charge in [0.25, 0.3) is 0 Å². The Morgan fingerprint density at radius 2 is 1.95 bits per heavy atom. The van der Waals surface area contributed by atoms with Crippen LogP contribution in [0.3, 0.4) is 0 Å². The van der Waals surface area contributed by atoms with E-state index in [0.717, 1.165) is 18.4 Å². The highest BCUT2D eigenvalue weighted by Gasteiger charge is 2.37. The molecule has 2 rings (SSSR count). The molecule has 0 heterocycles. The number of aromatic carboxylic acids is 1. The molecular weight excluding hydrogens is 244 g/mol. The summed E-state index contributed by atoms with van der Waals surface area (Å²) in [5.41, 5.74) is 6.42. The zero-order valence-electron chi connectivity index (χ0n) is 10.9. The molecule has 102 valence electrons. The van der Waals surface area contributed by atoms with Crippen molar-refractivity contribution in [2.24, 2.45) is 5.73 Å². The van der Waals surface area contributed by atoms with E-state index in [-0.39, 0.29) is 11.5 Å². The minimum atomic E-state index is -1.06. The van der Waals surface area contributed by atoms with Gasteiger partial charge in [-0.25, -0.2) is 4.79 Å². The van der Waals surface area contributed by atoms with Crippen molar-refractivity contribution in [1.82, 2.24) is 0 Å². The van der Waals surface area contributed by atoms with Crippen molar-refractivity contribution in [1.29, 1.82) is 0 Å². The van der Waals surface area contributed by atoms with E-state index < -0.39 is 11.5 Å². The average molecular weight is 262 g/mol. The fourth-order valence-corrected chi connectivity index (χ4v) is 2.42. The third kappa shape index (κ3) is 2.76. The molecule has 0 saturated heterocycles. The van der Waals surface area contributed by atoms with Crippen LogP contribution in [0, 0.1) is 6.92 Å². The third-order valence-corrected chi connectivity index (χ3v) is 3.60. The SMILES string of the molecule is Cc1ccc(NC(=O)C2(N)CCCC2)c(C(=O)O)c1. The topological polar surface area (TPSA) is 92.4 Å². The maximum Gasteiger partial charge on any atom is 0.337 e. The molecule has 1 aliphatic rings. The molecule has 19 heavy (non-hydrogen) atoms. The van der Waals surface area contributed by atoms with Crippen LogP contribution >= 0.6 is 0 Å². The van der Waals surface area contributed by atoms with E-state index in [1.165, 1.54) is 6.07 Å². The fraction of sp³-hybridized carbons (Fsp3) is 0.429. The Kier molecular flexibility index (Phi) is 3.57. The molecule has 0 aromatic heterocycles. The van der Waals surface area contributed by atoms with Crippen LogP contribution in [0.25, 0.3) is 0 Å². The van der Waals surface area contributed by atoms with Crippen molar-refractivity contribution in [3.63, 3.8) is 0 Å². The fourth-order valence-electron chi connectivity index (χ4n) is 2.42. The van der Waals surface area contributed by atoms with Crippen LogP contribution in [-0.2, 0) is 4.79 Å². The van der Waals surface area contributed by atoms with E-state index >= 15 is 0 Å². The summed E-state index contributed by atoms with van der Waals surface area (Å²) in [6.07, 6.45) is 3.16. The van der Waals surface area contributed by atoms with Gasteiger partial charge in [0.05, 0.1) is 16.8 Å². The van der Waals surface area contributed by atoms with Gasteiger partial charge in [-0.1, -0.05) is 24.5 Å². The predicted octanol–water partition coefficient (Wildman–Crippen LogP) is 1.90. The molecule has 1 fully saturated rings. The second-order valence-electron chi connectivity index (χ2n) is 5.17. The van der Waals surface area contributed by atoms with Crippen LogP contribution < -0.4 is 11.1 Å². The summed E-state index contributed by atoms with van der Waals surface area (Å²) in [4.78, 5) is 23.3. The number of carbonyl (C=O) groups excluding carboxylic acids is 1. The number of nitrogens with one attached hydrogen (secondary N) is 1. The highest BCUT2D eigenvalue weighted by atomic mass is 16.4. The Balaban J connectivity index is 2.23. The number of benzene rings is 1. The lowest BCUT2D eigenvalue weighted by molar-refractivity contribution is -0.121. The Morgan fingerprint density at radius 3 is 2.53 bits per heavy atom. The van der Waals surface area contributed by atoms with E-state index in [1.54, 1.807) is 19.1 Å². The largest absolute Gasteiger partial charge is 0.478 e. The van der Waals surface area contributed by atoms with Crippen LogP contribution in [0.4, 0.5) is 5.69 Å². The summed E-state index contributed by atoms with van der Waals surface area (Å²) >= 11 is 0. The number of carboxylic acids is 1. The molecule has 5 heteroatoms. The number of amides is 1. The summed E-state index contributed by atoms with van der Waals surface area (Å²) in [5, 5.41) is 11.8. The van der Waals surface area contributed by atoms with Gasteiger partial charge in [-0.15, -0.1) is 0 Å². The lowest BCUT2D eigenvalue weighted by Crippen LogP contribution is -2.48. The molecule has 5 nitrogen and oxygen atoms in total. The second kappa shape index (κ2) is 5.01. The van der Waals surface area contributed by atoms with Gasteiger partial charge >= 0.3 is 5.97 Å². The first kappa shape index (κ1) is 13.5. The van der Waals surface area contributed by atoms with Crippen molar-refractivity contribution in [2.75, 3.05) is 5.32 Å². The van der Waals surface area contributed by atoms with Gasteiger partial charge in [0.1, 0.15) is 0 Å². The zero-order valence-corrected chi connectivity index (χ0v) is 10.9. The van der Waals surface area contributed by atoms with Crippen LogP contribution in [0.2, 0.25) is 0 Å². The monoisotopic (exact) mass is 262 g/mol. The summed E-state index contributed by atoms with van der Waals surface area (Å²) in [6, 6.07) is 4.91. The molecular formula is C14H18N2O3. The molecule has 1 aliphatic carbocycles. The van der Waals surface area contributed by atoms with E-state index in [0.29, 0.717) is 18.5 Å². The van der Waals surface area contributed by atoms with E-state index in [2.05, 4.69) is 5.32 Å². The molecule has 0 radical (unpaired) electrons. The lowest BCUT2D eigenvalue weighted by atomic mass is 9.97. The van der Waals surface area contributed by atoms with Crippen molar-refractivity contribution in [3.05, 3.63) is 29.3 Å². The van der Waals surface area contributed by atoms with E-state index in [1.807, 2.05) is 0 Å². The van der Waals surface area contributed by atoms with Crippen molar-refractivity contribution in [3.8, 4) is 0 Å². The summed E-state index contributed by atoms with van der Waals surface area (Å²) in [7, 11) is 0. The maximum absolute atomic E-state index is 12.2. The normalized spacial score (nSPS) is 17.2. The minimum Gasteiger partial charge on any atom is -0.478 e. The number of carboxylic acid groups (broad SMARTS) is 1. The second-order valence-corrected chi connectivity index (χ2v) is 5.17. The third-order valence-electron chi connectivity index (χ3n) is 3.60. The Hall–Kier alpha value is -1.88. The average Bonchev–Trinajstić information content (AvgIpc) is 2.79. The van der Waals surface area contributed by atoms with Gasteiger partial charge in [0, 0.05) is 0 Å². The first-order valence-electron chi connectivity index (χ1n) is 6.37. The van der Waals surface area contributed by atoms with Crippen LogP contribution in [-0.4, -0.2) is 22.5 Å². The first-order valence-corrected chi connectivity index (χ1v) is 6.37.